The van der Waals surface area contributed by atoms with Crippen LogP contribution in [0.2, 0.25) is 0 Å². The van der Waals surface area contributed by atoms with Gasteiger partial charge in [-0.3, -0.25) is 10.1 Å². The van der Waals surface area contributed by atoms with E-state index in [1.165, 1.54) is 22.8 Å². The number of hydrogen-bond acceptors (Lipinski definition) is 5. The molecule has 4 nitrogen and oxygen atoms in total. The van der Waals surface area contributed by atoms with Gasteiger partial charge in [-0.25, -0.2) is 18.7 Å². The summed E-state index contributed by atoms with van der Waals surface area (Å²) in [4.78, 5) is 20.6. The van der Waals surface area contributed by atoms with Crippen LogP contribution in [0.15, 0.2) is 29.1 Å². The molecule has 0 aliphatic heterocycles. The number of anilines is 1. The molecule has 0 fully saturated rings. The van der Waals surface area contributed by atoms with Crippen molar-refractivity contribution < 1.29 is 13.6 Å². The fourth-order valence-electron chi connectivity index (χ4n) is 1.86. The number of rotatable bonds is 3. The number of benzene rings is 1. The van der Waals surface area contributed by atoms with Crippen molar-refractivity contribution in [3.8, 4) is 11.3 Å². The average Bonchev–Trinajstić information content (AvgIpc) is 3.08. The van der Waals surface area contributed by atoms with E-state index in [0.29, 0.717) is 10.6 Å². The molecule has 1 N–H and O–H groups in total. The van der Waals surface area contributed by atoms with Crippen LogP contribution in [0.1, 0.15) is 15.4 Å². The van der Waals surface area contributed by atoms with E-state index < -0.39 is 11.6 Å². The quantitative estimate of drug-likeness (QED) is 0.783. The first-order valence-electron chi connectivity index (χ1n) is 6.17. The Morgan fingerprint density at radius 2 is 1.95 bits per heavy atom. The molecule has 0 spiro atoms. The molecule has 0 aliphatic carbocycles. The van der Waals surface area contributed by atoms with Crippen molar-refractivity contribution in [1.29, 1.82) is 0 Å². The predicted molar refractivity (Wildman–Crippen MR) is 82.3 cm³/mol. The Morgan fingerprint density at radius 3 is 2.59 bits per heavy atom. The topological polar surface area (TPSA) is 54.9 Å². The number of nitrogens with one attached hydrogen (secondary N) is 1. The summed E-state index contributed by atoms with van der Waals surface area (Å²) < 4.78 is 27.4. The van der Waals surface area contributed by atoms with Crippen LogP contribution in [-0.2, 0) is 0 Å². The van der Waals surface area contributed by atoms with Gasteiger partial charge < -0.3 is 0 Å². The molecule has 0 bridgehead atoms. The Hall–Kier alpha value is -2.19. The highest BCUT2D eigenvalue weighted by molar-refractivity contribution is 7.14. The Balaban J connectivity index is 1.86. The van der Waals surface area contributed by atoms with Crippen LogP contribution in [0.3, 0.4) is 0 Å². The van der Waals surface area contributed by atoms with Crippen molar-refractivity contribution in [1.82, 2.24) is 9.97 Å². The Labute approximate surface area is 132 Å². The first-order valence-corrected chi connectivity index (χ1v) is 7.93. The molecule has 0 unspecified atom stereocenters. The lowest BCUT2D eigenvalue weighted by Gasteiger charge is -2.01. The van der Waals surface area contributed by atoms with E-state index in [1.807, 2.05) is 0 Å². The van der Waals surface area contributed by atoms with Crippen molar-refractivity contribution in [2.75, 3.05) is 5.32 Å². The zero-order valence-corrected chi connectivity index (χ0v) is 12.9. The standard InChI is InChI=1S/C14H9F2N3OS2/c1-7-12(22-6-17-7)13(20)19-14-18-10(5-21-14)11-8(15)3-2-4-9(11)16/h2-6H,1H3,(H,18,19,20). The van der Waals surface area contributed by atoms with E-state index in [1.54, 1.807) is 12.4 Å². The molecule has 8 heteroatoms. The molecule has 0 saturated heterocycles. The molecule has 2 heterocycles. The summed E-state index contributed by atoms with van der Waals surface area (Å²) in [7, 11) is 0. The molecule has 2 aromatic heterocycles. The summed E-state index contributed by atoms with van der Waals surface area (Å²) in [6.45, 7) is 1.73. The minimum absolute atomic E-state index is 0.150. The van der Waals surface area contributed by atoms with Gasteiger partial charge in [-0.2, -0.15) is 0 Å². The summed E-state index contributed by atoms with van der Waals surface area (Å²) in [5.74, 6) is -1.72. The molecule has 1 aromatic carbocycles. The van der Waals surface area contributed by atoms with Gasteiger partial charge in [0.25, 0.3) is 5.91 Å². The van der Waals surface area contributed by atoms with Crippen molar-refractivity contribution in [3.05, 3.63) is 51.3 Å². The predicted octanol–water partition coefficient (Wildman–Crippen LogP) is 4.11. The number of aryl methyl sites for hydroxylation is 1. The minimum atomic E-state index is -0.693. The highest BCUT2D eigenvalue weighted by atomic mass is 32.1. The van der Waals surface area contributed by atoms with Crippen LogP contribution in [0.25, 0.3) is 11.3 Å². The molecule has 22 heavy (non-hydrogen) atoms. The van der Waals surface area contributed by atoms with Gasteiger partial charge in [-0.1, -0.05) is 6.07 Å². The van der Waals surface area contributed by atoms with E-state index in [2.05, 4.69) is 15.3 Å². The molecule has 0 atom stereocenters. The second kappa shape index (κ2) is 5.90. The zero-order chi connectivity index (χ0) is 15.7. The number of amides is 1. The first-order chi connectivity index (χ1) is 10.6. The third-order valence-corrected chi connectivity index (χ3v) is 4.58. The van der Waals surface area contributed by atoms with Gasteiger partial charge in [0.2, 0.25) is 0 Å². The van der Waals surface area contributed by atoms with Gasteiger partial charge in [0, 0.05) is 5.38 Å². The zero-order valence-electron chi connectivity index (χ0n) is 11.3. The van der Waals surface area contributed by atoms with Crippen molar-refractivity contribution >= 4 is 33.7 Å². The summed E-state index contributed by atoms with van der Waals surface area (Å²) in [5.41, 5.74) is 2.15. The van der Waals surface area contributed by atoms with Gasteiger partial charge in [-0.15, -0.1) is 22.7 Å². The maximum atomic E-state index is 13.7. The SMILES string of the molecule is Cc1ncsc1C(=O)Nc1nc(-c2c(F)cccc2F)cs1. The molecule has 1 amide bonds. The van der Waals surface area contributed by atoms with Crippen molar-refractivity contribution in [2.24, 2.45) is 0 Å². The van der Waals surface area contributed by atoms with E-state index >= 15 is 0 Å². The van der Waals surface area contributed by atoms with Crippen LogP contribution < -0.4 is 5.32 Å². The third kappa shape index (κ3) is 2.75. The van der Waals surface area contributed by atoms with Gasteiger partial charge >= 0.3 is 0 Å². The lowest BCUT2D eigenvalue weighted by atomic mass is 10.1. The fourth-order valence-corrected chi connectivity index (χ4v) is 3.26. The van der Waals surface area contributed by atoms with E-state index in [-0.39, 0.29) is 22.3 Å². The van der Waals surface area contributed by atoms with Crippen LogP contribution >= 0.6 is 22.7 Å². The molecule has 3 rings (SSSR count). The molecular weight excluding hydrogens is 328 g/mol. The van der Waals surface area contributed by atoms with E-state index in [9.17, 15) is 13.6 Å². The van der Waals surface area contributed by atoms with Crippen LogP contribution in [0, 0.1) is 18.6 Å². The summed E-state index contributed by atoms with van der Waals surface area (Å²) in [6.07, 6.45) is 0. The molecule has 3 aromatic rings. The number of thiazole rings is 2. The molecule has 0 radical (unpaired) electrons. The Morgan fingerprint density at radius 1 is 1.23 bits per heavy atom. The summed E-state index contributed by atoms with van der Waals surface area (Å²) in [5, 5.41) is 4.38. The molecular formula is C14H9F2N3OS2. The third-order valence-electron chi connectivity index (χ3n) is 2.90. The molecule has 0 aliphatic rings. The number of nitrogens with zero attached hydrogens (tertiary/aromatic N) is 2. The number of hydrogen-bond donors (Lipinski definition) is 1. The van der Waals surface area contributed by atoms with Gasteiger partial charge in [0.15, 0.2) is 5.13 Å². The second-order valence-corrected chi connectivity index (χ2v) is 6.07. The van der Waals surface area contributed by atoms with Gasteiger partial charge in [0.1, 0.15) is 16.5 Å². The largest absolute Gasteiger partial charge is 0.297 e. The lowest BCUT2D eigenvalue weighted by Crippen LogP contribution is -2.11. The Bertz CT molecular complexity index is 824. The van der Waals surface area contributed by atoms with Crippen LogP contribution in [0.5, 0.6) is 0 Å². The van der Waals surface area contributed by atoms with Crippen molar-refractivity contribution in [2.45, 2.75) is 6.92 Å². The lowest BCUT2D eigenvalue weighted by molar-refractivity contribution is 0.103. The number of halogens is 2. The average molecular weight is 337 g/mol. The van der Waals surface area contributed by atoms with E-state index in [0.717, 1.165) is 23.5 Å². The summed E-state index contributed by atoms with van der Waals surface area (Å²) >= 11 is 2.32. The van der Waals surface area contributed by atoms with Crippen LogP contribution in [-0.4, -0.2) is 15.9 Å². The number of carbonyl (C=O) groups is 1. The monoisotopic (exact) mass is 337 g/mol. The summed E-state index contributed by atoms with van der Waals surface area (Å²) in [6, 6.07) is 3.61. The minimum Gasteiger partial charge on any atom is -0.297 e. The first kappa shape index (κ1) is 14.7. The van der Waals surface area contributed by atoms with Crippen LogP contribution in [0.4, 0.5) is 13.9 Å². The molecule has 0 saturated carbocycles. The highest BCUT2D eigenvalue weighted by Gasteiger charge is 2.17. The Kier molecular flexibility index (Phi) is 3.95. The fraction of sp³-hybridized carbons (Fsp3) is 0.0714. The highest BCUT2D eigenvalue weighted by Crippen LogP contribution is 2.29. The van der Waals surface area contributed by atoms with Gasteiger partial charge in [-0.05, 0) is 19.1 Å². The van der Waals surface area contributed by atoms with Gasteiger partial charge in [0.05, 0.1) is 22.5 Å². The van der Waals surface area contributed by atoms with E-state index in [4.69, 9.17) is 0 Å². The second-order valence-electron chi connectivity index (χ2n) is 4.36. The number of carbonyl (C=O) groups excluding carboxylic acids is 1. The molecule has 112 valence electrons. The number of aromatic nitrogens is 2. The maximum absolute atomic E-state index is 13.7. The maximum Gasteiger partial charge on any atom is 0.269 e. The normalized spacial score (nSPS) is 10.7. The smallest absolute Gasteiger partial charge is 0.269 e. The van der Waals surface area contributed by atoms with Crippen molar-refractivity contribution in [3.63, 3.8) is 0 Å².